The molecule has 0 radical (unpaired) electrons. The van der Waals surface area contributed by atoms with Gasteiger partial charge in [-0.3, -0.25) is 0 Å². The van der Waals surface area contributed by atoms with Gasteiger partial charge < -0.3 is 9.47 Å². The summed E-state index contributed by atoms with van der Waals surface area (Å²) in [5.41, 5.74) is 13.5. The first-order chi connectivity index (χ1) is 27.2. The van der Waals surface area contributed by atoms with E-state index in [1.807, 2.05) is 11.3 Å². The number of hydrogen-bond acceptors (Lipinski definition) is 2. The van der Waals surface area contributed by atoms with Gasteiger partial charge in [-0.05, 0) is 139 Å². The number of fused-ring (bicyclic) bond motifs is 9. The summed E-state index contributed by atoms with van der Waals surface area (Å²) in [6, 6.07) is 59.9. The first kappa shape index (κ1) is 30.7. The Morgan fingerprint density at radius 1 is 0.455 bits per heavy atom. The Kier molecular flexibility index (Phi) is 6.25. The number of nitrogens with zero attached hydrogens (tertiary/aromatic N) is 2. The molecule has 0 amide bonds. The van der Waals surface area contributed by atoms with Crippen LogP contribution in [0.25, 0.3) is 58.8 Å². The maximum absolute atomic E-state index is 2.56. The molecular formula is C52H40N2S. The molecule has 4 fully saturated rings. The van der Waals surface area contributed by atoms with E-state index in [-0.39, 0.29) is 5.41 Å². The lowest BCUT2D eigenvalue weighted by atomic mass is 9.43. The third-order valence-electron chi connectivity index (χ3n) is 14.3. The van der Waals surface area contributed by atoms with Crippen LogP contribution in [0.15, 0.2) is 158 Å². The topological polar surface area (TPSA) is 8.17 Å². The van der Waals surface area contributed by atoms with Gasteiger partial charge in [-0.25, -0.2) is 0 Å². The van der Waals surface area contributed by atoms with Gasteiger partial charge in [-0.2, -0.15) is 0 Å². The molecule has 4 bridgehead atoms. The van der Waals surface area contributed by atoms with Crippen molar-refractivity contribution < 1.29 is 0 Å². The molecule has 0 aliphatic heterocycles. The van der Waals surface area contributed by atoms with Crippen LogP contribution in [-0.2, 0) is 5.41 Å². The summed E-state index contributed by atoms with van der Waals surface area (Å²) in [6.07, 6.45) is 7.08. The second kappa shape index (κ2) is 11.2. The molecular weight excluding hydrogens is 685 g/mol. The second-order valence-electron chi connectivity index (χ2n) is 17.0. The highest BCUT2D eigenvalue weighted by Crippen LogP contribution is 2.69. The standard InChI is InChI=1S/C52H40N2S/c1-5-16-46-40(12-1)45-30-38(21-23-47(45)52(46)34-25-32-24-33(27-34)28-35(52)26-32)53(39-20-22-44-43-15-4-8-19-50(43)55-51(44)31-39)36-10-9-11-37(29-36)54-48-17-6-2-13-41(48)42-14-3-7-18-49(42)54/h1-23,29-35H,24-28H2. The SMILES string of the molecule is c1cc(N(c2ccc3c(c2)-c2ccccc2C32C3CC4CC(C3)CC2C4)c2ccc3c(c2)sc2ccccc23)cc(-n2c3ccccc3c3ccccc32)c1. The Bertz CT molecular complexity index is 2950. The van der Waals surface area contributed by atoms with Crippen molar-refractivity contribution in [2.24, 2.45) is 23.7 Å². The summed E-state index contributed by atoms with van der Waals surface area (Å²) in [4.78, 5) is 2.52. The molecule has 2 heterocycles. The van der Waals surface area contributed by atoms with Gasteiger partial charge in [-0.15, -0.1) is 11.3 Å². The minimum atomic E-state index is 0.162. The van der Waals surface area contributed by atoms with Crippen LogP contribution in [0.3, 0.4) is 0 Å². The van der Waals surface area contributed by atoms with E-state index in [4.69, 9.17) is 0 Å². The molecule has 2 nitrogen and oxygen atoms in total. The van der Waals surface area contributed by atoms with Crippen molar-refractivity contribution in [3.8, 4) is 16.8 Å². The van der Waals surface area contributed by atoms with Crippen molar-refractivity contribution in [3.05, 3.63) is 169 Å². The lowest BCUT2D eigenvalue weighted by molar-refractivity contribution is -0.0399. The fourth-order valence-electron chi connectivity index (χ4n) is 12.6. The first-order valence-electron chi connectivity index (χ1n) is 20.3. The van der Waals surface area contributed by atoms with Crippen LogP contribution >= 0.6 is 11.3 Å². The van der Waals surface area contributed by atoms with Gasteiger partial charge in [0.05, 0.1) is 11.0 Å². The monoisotopic (exact) mass is 724 g/mol. The lowest BCUT2D eigenvalue weighted by Crippen LogP contribution is -2.55. The Morgan fingerprint density at radius 3 is 1.84 bits per heavy atom. The van der Waals surface area contributed by atoms with Gasteiger partial charge in [0, 0.05) is 59.1 Å². The summed E-state index contributed by atoms with van der Waals surface area (Å²) in [6.45, 7) is 0. The third kappa shape index (κ3) is 4.14. The molecule has 55 heavy (non-hydrogen) atoms. The molecule has 264 valence electrons. The molecule has 0 atom stereocenters. The zero-order chi connectivity index (χ0) is 35.8. The normalized spacial score (nSPS) is 23.3. The van der Waals surface area contributed by atoms with Crippen molar-refractivity contribution in [1.82, 2.24) is 4.57 Å². The minimum absolute atomic E-state index is 0.162. The Labute approximate surface area is 325 Å². The molecule has 4 saturated carbocycles. The molecule has 0 unspecified atom stereocenters. The minimum Gasteiger partial charge on any atom is -0.310 e. The quantitative estimate of drug-likeness (QED) is 0.175. The van der Waals surface area contributed by atoms with Crippen LogP contribution < -0.4 is 4.90 Å². The van der Waals surface area contributed by atoms with Gasteiger partial charge in [-0.1, -0.05) is 97.1 Å². The number of aromatic nitrogens is 1. The third-order valence-corrected chi connectivity index (χ3v) is 15.5. The van der Waals surface area contributed by atoms with Crippen LogP contribution in [0, 0.1) is 23.7 Å². The van der Waals surface area contributed by atoms with E-state index in [1.54, 1.807) is 11.1 Å². The lowest BCUT2D eigenvalue weighted by Gasteiger charge is -2.61. The number of hydrogen-bond donors (Lipinski definition) is 0. The van der Waals surface area contributed by atoms with E-state index in [2.05, 4.69) is 167 Å². The molecule has 7 aromatic carbocycles. The molecule has 2 aromatic heterocycles. The first-order valence-corrected chi connectivity index (χ1v) is 21.1. The van der Waals surface area contributed by atoms with Crippen molar-refractivity contribution >= 4 is 70.4 Å². The zero-order valence-electron chi connectivity index (χ0n) is 30.7. The molecule has 5 aliphatic rings. The highest BCUT2D eigenvalue weighted by Gasteiger charge is 2.61. The van der Waals surface area contributed by atoms with Crippen LogP contribution in [0.2, 0.25) is 0 Å². The number of anilines is 3. The van der Waals surface area contributed by atoms with E-state index in [9.17, 15) is 0 Å². The van der Waals surface area contributed by atoms with Crippen molar-refractivity contribution in [1.29, 1.82) is 0 Å². The highest BCUT2D eigenvalue weighted by molar-refractivity contribution is 7.25. The van der Waals surface area contributed by atoms with Gasteiger partial charge in [0.2, 0.25) is 0 Å². The number of benzene rings is 7. The molecule has 1 spiro atoms. The van der Waals surface area contributed by atoms with E-state index in [1.165, 1.54) is 102 Å². The maximum Gasteiger partial charge on any atom is 0.0541 e. The predicted octanol–water partition coefficient (Wildman–Crippen LogP) is 14.3. The van der Waals surface area contributed by atoms with E-state index < -0.39 is 0 Å². The van der Waals surface area contributed by atoms with E-state index in [0.29, 0.717) is 0 Å². The van der Waals surface area contributed by atoms with Crippen molar-refractivity contribution in [3.63, 3.8) is 0 Å². The summed E-state index contributed by atoms with van der Waals surface area (Å²) in [5.74, 6) is 3.38. The average molecular weight is 725 g/mol. The molecule has 14 rings (SSSR count). The number of para-hydroxylation sites is 2. The van der Waals surface area contributed by atoms with Gasteiger partial charge in [0.25, 0.3) is 0 Å². The zero-order valence-corrected chi connectivity index (χ0v) is 31.5. The molecule has 3 heteroatoms. The Morgan fingerprint density at radius 2 is 1.05 bits per heavy atom. The van der Waals surface area contributed by atoms with Crippen molar-refractivity contribution in [2.75, 3.05) is 4.90 Å². The summed E-state index contributed by atoms with van der Waals surface area (Å²) in [7, 11) is 0. The van der Waals surface area contributed by atoms with Gasteiger partial charge in [0.1, 0.15) is 0 Å². The molecule has 5 aliphatic carbocycles. The number of thiophene rings is 1. The predicted molar refractivity (Wildman–Crippen MR) is 232 cm³/mol. The van der Waals surface area contributed by atoms with Crippen LogP contribution in [0.1, 0.15) is 43.2 Å². The average Bonchev–Trinajstić information content (AvgIpc) is 3.86. The van der Waals surface area contributed by atoms with E-state index in [0.717, 1.165) is 29.4 Å². The van der Waals surface area contributed by atoms with Crippen LogP contribution in [0.4, 0.5) is 17.1 Å². The van der Waals surface area contributed by atoms with Crippen molar-refractivity contribution in [2.45, 2.75) is 37.5 Å². The summed E-state index contributed by atoms with van der Waals surface area (Å²) in [5, 5.41) is 5.23. The fraction of sp³-hybridized carbons (Fsp3) is 0.192. The summed E-state index contributed by atoms with van der Waals surface area (Å²) >= 11 is 1.90. The Hall–Kier alpha value is -5.64. The van der Waals surface area contributed by atoms with E-state index >= 15 is 0 Å². The summed E-state index contributed by atoms with van der Waals surface area (Å²) < 4.78 is 5.10. The largest absolute Gasteiger partial charge is 0.310 e. The highest BCUT2D eigenvalue weighted by atomic mass is 32.1. The smallest absolute Gasteiger partial charge is 0.0541 e. The maximum atomic E-state index is 2.56. The number of rotatable bonds is 4. The van der Waals surface area contributed by atoms with Gasteiger partial charge >= 0.3 is 0 Å². The molecule has 0 saturated heterocycles. The second-order valence-corrected chi connectivity index (χ2v) is 18.0. The van der Waals surface area contributed by atoms with Crippen LogP contribution in [-0.4, -0.2) is 4.57 Å². The van der Waals surface area contributed by atoms with Crippen LogP contribution in [0.5, 0.6) is 0 Å². The molecule has 9 aromatic rings. The Balaban J connectivity index is 1.03. The van der Waals surface area contributed by atoms with Gasteiger partial charge in [0.15, 0.2) is 0 Å². The fourth-order valence-corrected chi connectivity index (χ4v) is 13.7. The molecule has 0 N–H and O–H groups in total.